The van der Waals surface area contributed by atoms with E-state index in [0.29, 0.717) is 18.5 Å². The SMILES string of the molecule is O=C(CN1C(=O)[C@H]2CC=CC[C@H]2C1=O)Nc1ccc2ccccc2c1. The van der Waals surface area contributed by atoms with Gasteiger partial charge in [0, 0.05) is 5.69 Å². The summed E-state index contributed by atoms with van der Waals surface area (Å²) in [6.07, 6.45) is 5.03. The Labute approximate surface area is 145 Å². The zero-order valence-corrected chi connectivity index (χ0v) is 13.6. The standard InChI is InChI=1S/C20H18N2O3/c23-18(21-15-10-9-13-5-1-2-6-14(13)11-15)12-22-19(24)16-7-3-4-8-17(16)20(22)25/h1-6,9-11,16-17H,7-8,12H2,(H,21,23)/t16-,17+. The molecule has 3 amide bonds. The van der Waals surface area contributed by atoms with Crippen LogP contribution in [0, 0.1) is 11.8 Å². The second kappa shape index (κ2) is 6.16. The molecule has 0 saturated carbocycles. The number of benzene rings is 2. The van der Waals surface area contributed by atoms with Crippen LogP contribution in [0.15, 0.2) is 54.6 Å². The van der Waals surface area contributed by atoms with Crippen molar-refractivity contribution < 1.29 is 14.4 Å². The molecule has 2 aliphatic rings. The third-order valence-corrected chi connectivity index (χ3v) is 4.93. The Hall–Kier alpha value is -2.95. The molecule has 0 spiro atoms. The molecule has 5 nitrogen and oxygen atoms in total. The molecule has 0 unspecified atom stereocenters. The van der Waals surface area contributed by atoms with Crippen molar-refractivity contribution >= 4 is 34.2 Å². The Kier molecular flexibility index (Phi) is 3.84. The highest BCUT2D eigenvalue weighted by atomic mass is 16.2. The van der Waals surface area contributed by atoms with Gasteiger partial charge in [0.25, 0.3) is 0 Å². The second-order valence-electron chi connectivity index (χ2n) is 6.53. The highest BCUT2D eigenvalue weighted by molar-refractivity contribution is 6.09. The van der Waals surface area contributed by atoms with E-state index in [-0.39, 0.29) is 36.1 Å². The Morgan fingerprint density at radius 1 is 0.960 bits per heavy atom. The number of hydrogen-bond donors (Lipinski definition) is 1. The third-order valence-electron chi connectivity index (χ3n) is 4.93. The summed E-state index contributed by atoms with van der Waals surface area (Å²) in [6, 6.07) is 13.5. The summed E-state index contributed by atoms with van der Waals surface area (Å²) in [5, 5.41) is 4.89. The van der Waals surface area contributed by atoms with E-state index in [1.807, 2.05) is 54.6 Å². The van der Waals surface area contributed by atoms with Gasteiger partial charge >= 0.3 is 0 Å². The fraction of sp³-hybridized carbons (Fsp3) is 0.250. The van der Waals surface area contributed by atoms with Gasteiger partial charge in [-0.15, -0.1) is 0 Å². The fourth-order valence-corrected chi connectivity index (χ4v) is 3.64. The minimum Gasteiger partial charge on any atom is -0.325 e. The molecular formula is C20H18N2O3. The molecule has 1 fully saturated rings. The summed E-state index contributed by atoms with van der Waals surface area (Å²) in [7, 11) is 0. The van der Waals surface area contributed by atoms with Crippen LogP contribution in [-0.4, -0.2) is 29.2 Å². The van der Waals surface area contributed by atoms with E-state index in [1.54, 1.807) is 0 Å². The third kappa shape index (κ3) is 2.82. The van der Waals surface area contributed by atoms with Gasteiger partial charge < -0.3 is 5.32 Å². The van der Waals surface area contributed by atoms with Crippen LogP contribution in [0.4, 0.5) is 5.69 Å². The fourth-order valence-electron chi connectivity index (χ4n) is 3.64. The molecule has 4 rings (SSSR count). The molecule has 2 aromatic carbocycles. The molecular weight excluding hydrogens is 316 g/mol. The van der Waals surface area contributed by atoms with Crippen LogP contribution in [-0.2, 0) is 14.4 Å². The average Bonchev–Trinajstić information content (AvgIpc) is 2.87. The van der Waals surface area contributed by atoms with E-state index < -0.39 is 0 Å². The summed E-state index contributed by atoms with van der Waals surface area (Å²) in [4.78, 5) is 38.2. The maximum atomic E-state index is 12.4. The van der Waals surface area contributed by atoms with Gasteiger partial charge in [-0.25, -0.2) is 0 Å². The van der Waals surface area contributed by atoms with E-state index in [4.69, 9.17) is 0 Å². The maximum absolute atomic E-state index is 12.4. The van der Waals surface area contributed by atoms with Crippen molar-refractivity contribution in [3.8, 4) is 0 Å². The van der Waals surface area contributed by atoms with E-state index in [0.717, 1.165) is 15.7 Å². The van der Waals surface area contributed by atoms with Crippen molar-refractivity contribution in [1.82, 2.24) is 4.90 Å². The number of rotatable bonds is 3. The first-order valence-electron chi connectivity index (χ1n) is 8.42. The van der Waals surface area contributed by atoms with Crippen molar-refractivity contribution in [2.75, 3.05) is 11.9 Å². The van der Waals surface area contributed by atoms with Crippen LogP contribution in [0.1, 0.15) is 12.8 Å². The van der Waals surface area contributed by atoms with Gasteiger partial charge in [-0.05, 0) is 35.7 Å². The summed E-state index contributed by atoms with van der Waals surface area (Å²) < 4.78 is 0. The van der Waals surface area contributed by atoms with Gasteiger partial charge in [0.1, 0.15) is 6.54 Å². The lowest BCUT2D eigenvalue weighted by Crippen LogP contribution is -2.38. The number of hydrogen-bond acceptors (Lipinski definition) is 3. The maximum Gasteiger partial charge on any atom is 0.244 e. The molecule has 5 heteroatoms. The molecule has 126 valence electrons. The van der Waals surface area contributed by atoms with Crippen LogP contribution in [0.3, 0.4) is 0 Å². The Morgan fingerprint density at radius 2 is 1.60 bits per heavy atom. The van der Waals surface area contributed by atoms with Crippen LogP contribution < -0.4 is 5.32 Å². The predicted octanol–water partition coefficient (Wildman–Crippen LogP) is 2.73. The van der Waals surface area contributed by atoms with Crippen molar-refractivity contribution in [3.63, 3.8) is 0 Å². The minimum atomic E-state index is -0.358. The molecule has 1 aliphatic heterocycles. The highest BCUT2D eigenvalue weighted by Crippen LogP contribution is 2.34. The predicted molar refractivity (Wildman–Crippen MR) is 94.7 cm³/mol. The van der Waals surface area contributed by atoms with Gasteiger partial charge in [0.2, 0.25) is 17.7 Å². The van der Waals surface area contributed by atoms with Gasteiger partial charge in [-0.2, -0.15) is 0 Å². The normalized spacial score (nSPS) is 22.3. The van der Waals surface area contributed by atoms with Crippen molar-refractivity contribution in [2.24, 2.45) is 11.8 Å². The topological polar surface area (TPSA) is 66.5 Å². The summed E-state index contributed by atoms with van der Waals surface area (Å²) in [5.74, 6) is -1.42. The monoisotopic (exact) mass is 334 g/mol. The lowest BCUT2D eigenvalue weighted by Gasteiger charge is -2.14. The largest absolute Gasteiger partial charge is 0.325 e. The lowest BCUT2D eigenvalue weighted by molar-refractivity contribution is -0.142. The summed E-state index contributed by atoms with van der Waals surface area (Å²) in [6.45, 7) is -0.225. The molecule has 1 aliphatic carbocycles. The number of amides is 3. The molecule has 2 atom stereocenters. The van der Waals surface area contributed by atoms with Gasteiger partial charge in [0.05, 0.1) is 11.8 Å². The number of allylic oxidation sites excluding steroid dienone is 2. The van der Waals surface area contributed by atoms with Crippen LogP contribution in [0.5, 0.6) is 0 Å². The number of fused-ring (bicyclic) bond motifs is 2. The highest BCUT2D eigenvalue weighted by Gasteiger charge is 2.47. The van der Waals surface area contributed by atoms with E-state index >= 15 is 0 Å². The number of carbonyl (C=O) groups excluding carboxylic acids is 3. The van der Waals surface area contributed by atoms with Gasteiger partial charge in [-0.3, -0.25) is 19.3 Å². The van der Waals surface area contributed by atoms with E-state index in [1.165, 1.54) is 0 Å². The summed E-state index contributed by atoms with van der Waals surface area (Å²) in [5.41, 5.74) is 0.655. The number of imide groups is 1. The molecule has 1 saturated heterocycles. The average molecular weight is 334 g/mol. The van der Waals surface area contributed by atoms with Crippen LogP contribution in [0.2, 0.25) is 0 Å². The Morgan fingerprint density at radius 3 is 2.28 bits per heavy atom. The number of nitrogens with zero attached hydrogens (tertiary/aromatic N) is 1. The van der Waals surface area contributed by atoms with Gasteiger partial charge in [0.15, 0.2) is 0 Å². The molecule has 25 heavy (non-hydrogen) atoms. The Balaban J connectivity index is 1.46. The molecule has 0 bridgehead atoms. The second-order valence-corrected chi connectivity index (χ2v) is 6.53. The van der Waals surface area contributed by atoms with Gasteiger partial charge in [-0.1, -0.05) is 42.5 Å². The molecule has 2 aromatic rings. The lowest BCUT2D eigenvalue weighted by atomic mass is 9.85. The molecule has 1 N–H and O–H groups in total. The van der Waals surface area contributed by atoms with E-state index in [9.17, 15) is 14.4 Å². The van der Waals surface area contributed by atoms with Crippen LogP contribution >= 0.6 is 0 Å². The van der Waals surface area contributed by atoms with Crippen molar-refractivity contribution in [2.45, 2.75) is 12.8 Å². The van der Waals surface area contributed by atoms with Crippen molar-refractivity contribution in [1.29, 1.82) is 0 Å². The first kappa shape index (κ1) is 15.6. The smallest absolute Gasteiger partial charge is 0.244 e. The number of nitrogens with one attached hydrogen (secondary N) is 1. The first-order chi connectivity index (χ1) is 12.1. The number of carbonyl (C=O) groups is 3. The summed E-state index contributed by atoms with van der Waals surface area (Å²) >= 11 is 0. The first-order valence-corrected chi connectivity index (χ1v) is 8.42. The zero-order chi connectivity index (χ0) is 17.4. The Bertz CT molecular complexity index is 877. The number of anilines is 1. The zero-order valence-electron chi connectivity index (χ0n) is 13.6. The molecule has 0 radical (unpaired) electrons. The van der Waals surface area contributed by atoms with Crippen LogP contribution in [0.25, 0.3) is 10.8 Å². The van der Waals surface area contributed by atoms with Crippen molar-refractivity contribution in [3.05, 3.63) is 54.6 Å². The molecule has 0 aromatic heterocycles. The number of likely N-dealkylation sites (tertiary alicyclic amines) is 1. The quantitative estimate of drug-likeness (QED) is 0.693. The molecule has 1 heterocycles. The minimum absolute atomic E-state index is 0.225. The van der Waals surface area contributed by atoms with E-state index in [2.05, 4.69) is 5.32 Å².